The van der Waals surface area contributed by atoms with Crippen LogP contribution in [0.3, 0.4) is 0 Å². The number of nitro benzene ring substituents is 1. The van der Waals surface area contributed by atoms with Crippen LogP contribution in [0, 0.1) is 22.9 Å². The summed E-state index contributed by atoms with van der Waals surface area (Å²) in [6.45, 7) is 1.99. The number of hydrogen-bond acceptors (Lipinski definition) is 3. The third kappa shape index (κ3) is 3.32. The lowest BCUT2D eigenvalue weighted by molar-refractivity contribution is -0.387. The SMILES string of the molecule is Cc1ccc(SCc2cccc([N+](=O)[O-])c2F)cc1. The smallest absolute Gasteiger partial charge is 0.258 e. The molecule has 0 aromatic heterocycles. The largest absolute Gasteiger partial charge is 0.305 e. The summed E-state index contributed by atoms with van der Waals surface area (Å²) >= 11 is 1.45. The van der Waals surface area contributed by atoms with Crippen molar-refractivity contribution in [3.8, 4) is 0 Å². The van der Waals surface area contributed by atoms with E-state index in [1.165, 1.54) is 23.9 Å². The second kappa shape index (κ2) is 5.84. The predicted octanol–water partition coefficient (Wildman–Crippen LogP) is 4.33. The Labute approximate surface area is 114 Å². The van der Waals surface area contributed by atoms with E-state index in [4.69, 9.17) is 0 Å². The summed E-state index contributed by atoms with van der Waals surface area (Å²) < 4.78 is 13.8. The van der Waals surface area contributed by atoms with Gasteiger partial charge in [-0.2, -0.15) is 4.39 Å². The molecule has 2 aromatic carbocycles. The quantitative estimate of drug-likeness (QED) is 0.474. The molecule has 2 aromatic rings. The zero-order chi connectivity index (χ0) is 13.8. The van der Waals surface area contributed by atoms with Crippen molar-refractivity contribution in [1.29, 1.82) is 0 Å². The topological polar surface area (TPSA) is 43.1 Å². The molecule has 0 unspecified atom stereocenters. The Morgan fingerprint density at radius 2 is 1.89 bits per heavy atom. The lowest BCUT2D eigenvalue weighted by Crippen LogP contribution is -1.96. The molecule has 0 aliphatic carbocycles. The molecule has 98 valence electrons. The lowest BCUT2D eigenvalue weighted by Gasteiger charge is -2.04. The number of nitro groups is 1. The van der Waals surface area contributed by atoms with E-state index < -0.39 is 16.4 Å². The average molecular weight is 277 g/mol. The first-order chi connectivity index (χ1) is 9.08. The number of aryl methyl sites for hydroxylation is 1. The highest BCUT2D eigenvalue weighted by Crippen LogP contribution is 2.27. The van der Waals surface area contributed by atoms with Gasteiger partial charge in [-0.3, -0.25) is 10.1 Å². The molecule has 0 fully saturated rings. The van der Waals surface area contributed by atoms with E-state index in [9.17, 15) is 14.5 Å². The second-order valence-corrected chi connectivity index (χ2v) is 5.16. The summed E-state index contributed by atoms with van der Waals surface area (Å²) in [6.07, 6.45) is 0. The van der Waals surface area contributed by atoms with E-state index in [0.29, 0.717) is 11.3 Å². The van der Waals surface area contributed by atoms with Gasteiger partial charge < -0.3 is 0 Å². The highest BCUT2D eigenvalue weighted by Gasteiger charge is 2.16. The van der Waals surface area contributed by atoms with E-state index in [2.05, 4.69) is 0 Å². The number of hydrogen-bond donors (Lipinski definition) is 0. The Kier molecular flexibility index (Phi) is 4.16. The Hall–Kier alpha value is -1.88. The fraction of sp³-hybridized carbons (Fsp3) is 0.143. The summed E-state index contributed by atoms with van der Waals surface area (Å²) in [5, 5.41) is 10.6. The minimum Gasteiger partial charge on any atom is -0.258 e. The average Bonchev–Trinajstić information content (AvgIpc) is 2.39. The van der Waals surface area contributed by atoms with Crippen LogP contribution in [0.2, 0.25) is 0 Å². The molecule has 0 radical (unpaired) electrons. The molecule has 0 amide bonds. The molecular weight excluding hydrogens is 265 g/mol. The van der Waals surface area contributed by atoms with Crippen LogP contribution in [-0.4, -0.2) is 4.92 Å². The molecule has 0 N–H and O–H groups in total. The Balaban J connectivity index is 2.13. The van der Waals surface area contributed by atoms with Crippen LogP contribution < -0.4 is 0 Å². The molecule has 0 atom stereocenters. The predicted molar refractivity (Wildman–Crippen MR) is 73.8 cm³/mol. The van der Waals surface area contributed by atoms with Crippen LogP contribution >= 0.6 is 11.8 Å². The van der Waals surface area contributed by atoms with Gasteiger partial charge in [0, 0.05) is 22.3 Å². The van der Waals surface area contributed by atoms with Crippen LogP contribution in [0.4, 0.5) is 10.1 Å². The minimum absolute atomic E-state index is 0.347. The van der Waals surface area contributed by atoms with E-state index in [-0.39, 0.29) is 0 Å². The number of benzene rings is 2. The zero-order valence-corrected chi connectivity index (χ0v) is 11.1. The van der Waals surface area contributed by atoms with Crippen LogP contribution in [0.25, 0.3) is 0 Å². The highest BCUT2D eigenvalue weighted by atomic mass is 32.2. The van der Waals surface area contributed by atoms with Crippen molar-refractivity contribution < 1.29 is 9.31 Å². The summed E-state index contributed by atoms with van der Waals surface area (Å²) in [7, 11) is 0. The maximum Gasteiger partial charge on any atom is 0.305 e. The maximum atomic E-state index is 13.8. The van der Waals surface area contributed by atoms with Crippen molar-refractivity contribution in [2.75, 3.05) is 0 Å². The van der Waals surface area contributed by atoms with E-state index >= 15 is 0 Å². The van der Waals surface area contributed by atoms with Crippen molar-refractivity contribution in [2.45, 2.75) is 17.6 Å². The van der Waals surface area contributed by atoms with Gasteiger partial charge in [-0.15, -0.1) is 11.8 Å². The van der Waals surface area contributed by atoms with Gasteiger partial charge >= 0.3 is 5.69 Å². The zero-order valence-electron chi connectivity index (χ0n) is 10.3. The van der Waals surface area contributed by atoms with Crippen molar-refractivity contribution in [2.24, 2.45) is 0 Å². The highest BCUT2D eigenvalue weighted by molar-refractivity contribution is 7.98. The van der Waals surface area contributed by atoms with Gasteiger partial charge in [0.25, 0.3) is 0 Å². The van der Waals surface area contributed by atoms with Crippen LogP contribution in [0.1, 0.15) is 11.1 Å². The lowest BCUT2D eigenvalue weighted by atomic mass is 10.2. The van der Waals surface area contributed by atoms with Crippen molar-refractivity contribution in [3.63, 3.8) is 0 Å². The normalized spacial score (nSPS) is 10.4. The minimum atomic E-state index is -0.743. The molecule has 0 bridgehead atoms. The van der Waals surface area contributed by atoms with E-state index in [1.54, 1.807) is 6.07 Å². The molecule has 0 saturated carbocycles. The van der Waals surface area contributed by atoms with E-state index in [0.717, 1.165) is 10.5 Å². The Bertz CT molecular complexity index is 599. The number of nitrogens with zero attached hydrogens (tertiary/aromatic N) is 1. The first-order valence-electron chi connectivity index (χ1n) is 5.69. The Morgan fingerprint density at radius 3 is 2.53 bits per heavy atom. The molecule has 5 heteroatoms. The molecule has 19 heavy (non-hydrogen) atoms. The second-order valence-electron chi connectivity index (χ2n) is 4.11. The van der Waals surface area contributed by atoms with Crippen LogP contribution in [-0.2, 0) is 5.75 Å². The van der Waals surface area contributed by atoms with Crippen molar-refractivity contribution >= 4 is 17.4 Å². The third-order valence-electron chi connectivity index (χ3n) is 2.67. The number of halogens is 1. The summed E-state index contributed by atoms with van der Waals surface area (Å²) in [4.78, 5) is 11.0. The monoisotopic (exact) mass is 277 g/mol. The van der Waals surface area contributed by atoms with Gasteiger partial charge in [0.1, 0.15) is 0 Å². The molecule has 0 aliphatic heterocycles. The Morgan fingerprint density at radius 1 is 1.21 bits per heavy atom. The molecule has 0 saturated heterocycles. The number of thioether (sulfide) groups is 1. The third-order valence-corrected chi connectivity index (χ3v) is 3.73. The summed E-state index contributed by atoms with van der Waals surface area (Å²) in [5.74, 6) is -0.372. The standard InChI is InChI=1S/C14H12FNO2S/c1-10-5-7-12(8-6-10)19-9-11-3-2-4-13(14(11)15)16(17)18/h2-8H,9H2,1H3. The fourth-order valence-electron chi connectivity index (χ4n) is 1.61. The van der Waals surface area contributed by atoms with Crippen molar-refractivity contribution in [3.05, 3.63) is 69.5 Å². The van der Waals surface area contributed by atoms with Gasteiger partial charge in [-0.1, -0.05) is 29.8 Å². The van der Waals surface area contributed by atoms with Gasteiger partial charge in [0.2, 0.25) is 5.82 Å². The molecule has 2 rings (SSSR count). The van der Waals surface area contributed by atoms with Gasteiger partial charge in [-0.25, -0.2) is 0 Å². The fourth-order valence-corrected chi connectivity index (χ4v) is 2.49. The summed E-state index contributed by atoms with van der Waals surface area (Å²) in [6, 6.07) is 12.1. The maximum absolute atomic E-state index is 13.8. The first kappa shape index (κ1) is 13.5. The summed E-state index contributed by atoms with van der Waals surface area (Å²) in [5.41, 5.74) is 1.03. The first-order valence-corrected chi connectivity index (χ1v) is 6.68. The van der Waals surface area contributed by atoms with Crippen LogP contribution in [0.15, 0.2) is 47.4 Å². The van der Waals surface area contributed by atoms with Gasteiger partial charge in [0.05, 0.1) is 4.92 Å². The molecular formula is C14H12FNO2S. The van der Waals surface area contributed by atoms with Crippen molar-refractivity contribution in [1.82, 2.24) is 0 Å². The van der Waals surface area contributed by atoms with Crippen LogP contribution in [0.5, 0.6) is 0 Å². The molecule has 0 aliphatic rings. The molecule has 0 heterocycles. The van der Waals surface area contributed by atoms with Gasteiger partial charge in [-0.05, 0) is 19.1 Å². The van der Waals surface area contributed by atoms with E-state index in [1.807, 2.05) is 31.2 Å². The molecule has 3 nitrogen and oxygen atoms in total. The van der Waals surface area contributed by atoms with Gasteiger partial charge in [0.15, 0.2) is 0 Å². The molecule has 0 spiro atoms. The number of rotatable bonds is 4.